The molecule has 0 aromatic carbocycles. The highest BCUT2D eigenvalue weighted by Crippen LogP contribution is 2.07. The van der Waals surface area contributed by atoms with Crippen LogP contribution in [0.25, 0.3) is 0 Å². The number of nitrogens with one attached hydrogen (secondary N) is 1. The summed E-state index contributed by atoms with van der Waals surface area (Å²) in [6.07, 6.45) is 3.14. The first kappa shape index (κ1) is 7.03. The van der Waals surface area contributed by atoms with Crippen LogP contribution >= 0.6 is 0 Å². The molecule has 0 aliphatic carbocycles. The van der Waals surface area contributed by atoms with Crippen molar-refractivity contribution in [3.05, 3.63) is 0 Å². The SMILES string of the molecule is CC(C)OC1CCCN1. The minimum atomic E-state index is 0.338. The van der Waals surface area contributed by atoms with Gasteiger partial charge in [0, 0.05) is 0 Å². The molecule has 9 heavy (non-hydrogen) atoms. The van der Waals surface area contributed by atoms with Gasteiger partial charge in [-0.2, -0.15) is 0 Å². The minimum Gasteiger partial charge on any atom is -0.361 e. The van der Waals surface area contributed by atoms with Crippen molar-refractivity contribution in [3.8, 4) is 0 Å². The summed E-state index contributed by atoms with van der Waals surface area (Å²) >= 11 is 0. The average Bonchev–Trinajstić information content (AvgIpc) is 2.15. The second-order valence-electron chi connectivity index (χ2n) is 2.77. The first-order chi connectivity index (χ1) is 4.29. The normalized spacial score (nSPS) is 27.7. The lowest BCUT2D eigenvalue weighted by molar-refractivity contribution is -0.000188. The number of ether oxygens (including phenoxy) is 1. The summed E-state index contributed by atoms with van der Waals surface area (Å²) in [4.78, 5) is 0. The molecule has 0 aromatic rings. The van der Waals surface area contributed by atoms with Gasteiger partial charge >= 0.3 is 0 Å². The molecule has 54 valence electrons. The van der Waals surface area contributed by atoms with Crippen molar-refractivity contribution in [2.75, 3.05) is 6.54 Å². The van der Waals surface area contributed by atoms with E-state index in [9.17, 15) is 0 Å². The van der Waals surface area contributed by atoms with Crippen molar-refractivity contribution in [3.63, 3.8) is 0 Å². The van der Waals surface area contributed by atoms with Crippen LogP contribution in [0.5, 0.6) is 0 Å². The van der Waals surface area contributed by atoms with E-state index in [1.807, 2.05) is 0 Å². The summed E-state index contributed by atoms with van der Waals surface area (Å²) in [7, 11) is 0. The van der Waals surface area contributed by atoms with Gasteiger partial charge in [0.05, 0.1) is 6.10 Å². The lowest BCUT2D eigenvalue weighted by atomic mass is 10.3. The Bertz CT molecular complexity index is 77.0. The Morgan fingerprint density at radius 2 is 2.33 bits per heavy atom. The predicted molar refractivity (Wildman–Crippen MR) is 37.2 cm³/mol. The molecule has 0 amide bonds. The summed E-state index contributed by atoms with van der Waals surface area (Å²) < 4.78 is 5.50. The van der Waals surface area contributed by atoms with Gasteiger partial charge in [0.1, 0.15) is 6.23 Å². The van der Waals surface area contributed by atoms with Crippen LogP contribution in [0.2, 0.25) is 0 Å². The van der Waals surface area contributed by atoms with Gasteiger partial charge in [0.15, 0.2) is 0 Å². The van der Waals surface area contributed by atoms with Crippen LogP contribution in [0.3, 0.4) is 0 Å². The lowest BCUT2D eigenvalue weighted by Crippen LogP contribution is -2.27. The molecule has 1 saturated heterocycles. The Morgan fingerprint density at radius 3 is 2.78 bits per heavy atom. The number of hydrogen-bond donors (Lipinski definition) is 1. The highest BCUT2D eigenvalue weighted by Gasteiger charge is 2.14. The lowest BCUT2D eigenvalue weighted by Gasteiger charge is -2.14. The van der Waals surface area contributed by atoms with Crippen molar-refractivity contribution in [1.82, 2.24) is 5.32 Å². The number of rotatable bonds is 2. The standard InChI is InChI=1S/C7H15NO/c1-6(2)9-7-4-3-5-8-7/h6-8H,3-5H2,1-2H3. The van der Waals surface area contributed by atoms with Crippen LogP contribution in [0.4, 0.5) is 0 Å². The molecule has 2 heteroatoms. The van der Waals surface area contributed by atoms with Gasteiger partial charge < -0.3 is 4.74 Å². The van der Waals surface area contributed by atoms with Gasteiger partial charge in [-0.3, -0.25) is 5.32 Å². The van der Waals surface area contributed by atoms with Crippen molar-refractivity contribution < 1.29 is 4.74 Å². The van der Waals surface area contributed by atoms with Gasteiger partial charge in [0.2, 0.25) is 0 Å². The van der Waals surface area contributed by atoms with Gasteiger partial charge in [-0.1, -0.05) is 0 Å². The maximum Gasteiger partial charge on any atom is 0.108 e. The molecular formula is C7H15NO. The van der Waals surface area contributed by atoms with E-state index in [0.717, 1.165) is 6.54 Å². The van der Waals surface area contributed by atoms with Crippen molar-refractivity contribution >= 4 is 0 Å². The Labute approximate surface area is 56.6 Å². The fourth-order valence-electron chi connectivity index (χ4n) is 1.10. The maximum atomic E-state index is 5.50. The minimum absolute atomic E-state index is 0.338. The summed E-state index contributed by atoms with van der Waals surface area (Å²) in [5, 5.41) is 3.27. The molecule has 0 radical (unpaired) electrons. The Morgan fingerprint density at radius 1 is 1.56 bits per heavy atom. The second-order valence-corrected chi connectivity index (χ2v) is 2.77. The monoisotopic (exact) mass is 129 g/mol. The molecule has 2 nitrogen and oxygen atoms in total. The molecule has 0 aromatic heterocycles. The molecule has 1 unspecified atom stereocenters. The van der Waals surface area contributed by atoms with Crippen LogP contribution in [0.15, 0.2) is 0 Å². The molecular weight excluding hydrogens is 114 g/mol. The van der Waals surface area contributed by atoms with E-state index in [1.165, 1.54) is 12.8 Å². The largest absolute Gasteiger partial charge is 0.361 e. The van der Waals surface area contributed by atoms with E-state index < -0.39 is 0 Å². The predicted octanol–water partition coefficient (Wildman–Crippen LogP) is 1.12. The zero-order valence-corrected chi connectivity index (χ0v) is 6.18. The van der Waals surface area contributed by atoms with Gasteiger partial charge in [0.25, 0.3) is 0 Å². The molecule has 0 bridgehead atoms. The third kappa shape index (κ3) is 2.33. The third-order valence-electron chi connectivity index (χ3n) is 1.45. The third-order valence-corrected chi connectivity index (χ3v) is 1.45. The number of hydrogen-bond acceptors (Lipinski definition) is 2. The van der Waals surface area contributed by atoms with E-state index in [-0.39, 0.29) is 0 Å². The highest BCUT2D eigenvalue weighted by molar-refractivity contribution is 4.65. The smallest absolute Gasteiger partial charge is 0.108 e. The quantitative estimate of drug-likeness (QED) is 0.603. The molecule has 1 aliphatic rings. The topological polar surface area (TPSA) is 21.3 Å². The molecule has 1 atom stereocenters. The molecule has 1 N–H and O–H groups in total. The molecule has 0 spiro atoms. The van der Waals surface area contributed by atoms with Crippen molar-refractivity contribution in [2.24, 2.45) is 0 Å². The Kier molecular flexibility index (Phi) is 2.49. The first-order valence-electron chi connectivity index (χ1n) is 3.68. The van der Waals surface area contributed by atoms with Crippen LogP contribution in [-0.4, -0.2) is 18.9 Å². The fraction of sp³-hybridized carbons (Fsp3) is 1.00. The summed E-state index contributed by atoms with van der Waals surface area (Å²) in [5.74, 6) is 0. The van der Waals surface area contributed by atoms with Gasteiger partial charge in [-0.25, -0.2) is 0 Å². The van der Waals surface area contributed by atoms with Crippen LogP contribution < -0.4 is 5.32 Å². The second kappa shape index (κ2) is 3.18. The van der Waals surface area contributed by atoms with E-state index in [1.54, 1.807) is 0 Å². The molecule has 1 heterocycles. The van der Waals surface area contributed by atoms with E-state index in [2.05, 4.69) is 19.2 Å². The zero-order chi connectivity index (χ0) is 6.69. The maximum absolute atomic E-state index is 5.50. The average molecular weight is 129 g/mol. The Balaban J connectivity index is 2.11. The van der Waals surface area contributed by atoms with E-state index >= 15 is 0 Å². The van der Waals surface area contributed by atoms with Gasteiger partial charge in [-0.05, 0) is 33.2 Å². The summed E-state index contributed by atoms with van der Waals surface area (Å²) in [5.41, 5.74) is 0. The Hall–Kier alpha value is -0.0800. The van der Waals surface area contributed by atoms with Crippen LogP contribution in [0, 0.1) is 0 Å². The molecule has 1 rings (SSSR count). The summed E-state index contributed by atoms with van der Waals surface area (Å²) in [6, 6.07) is 0. The zero-order valence-electron chi connectivity index (χ0n) is 6.18. The van der Waals surface area contributed by atoms with Crippen LogP contribution in [0.1, 0.15) is 26.7 Å². The summed E-state index contributed by atoms with van der Waals surface area (Å²) in [6.45, 7) is 5.26. The molecule has 1 aliphatic heterocycles. The van der Waals surface area contributed by atoms with Crippen molar-refractivity contribution in [2.45, 2.75) is 39.0 Å². The van der Waals surface area contributed by atoms with Gasteiger partial charge in [-0.15, -0.1) is 0 Å². The fourth-order valence-corrected chi connectivity index (χ4v) is 1.10. The van der Waals surface area contributed by atoms with E-state index in [4.69, 9.17) is 4.74 Å². The van der Waals surface area contributed by atoms with Crippen LogP contribution in [-0.2, 0) is 4.74 Å². The van der Waals surface area contributed by atoms with Crippen molar-refractivity contribution in [1.29, 1.82) is 0 Å². The molecule has 0 saturated carbocycles. The first-order valence-corrected chi connectivity index (χ1v) is 3.68. The highest BCUT2D eigenvalue weighted by atomic mass is 16.5. The van der Waals surface area contributed by atoms with E-state index in [0.29, 0.717) is 12.3 Å². The molecule has 1 fully saturated rings.